The maximum absolute atomic E-state index is 12.9. The van der Waals surface area contributed by atoms with E-state index < -0.39 is 0 Å². The number of hydrogen-bond acceptors (Lipinski definition) is 4. The molecule has 26 heavy (non-hydrogen) atoms. The third kappa shape index (κ3) is 2.81. The van der Waals surface area contributed by atoms with Gasteiger partial charge in [-0.15, -0.1) is 0 Å². The highest BCUT2D eigenvalue weighted by molar-refractivity contribution is 7.71. The van der Waals surface area contributed by atoms with Crippen LogP contribution in [0.2, 0.25) is 5.02 Å². The lowest BCUT2D eigenvalue weighted by Gasteiger charge is -2.14. The van der Waals surface area contributed by atoms with Crippen molar-refractivity contribution in [3.05, 3.63) is 80.6 Å². The summed E-state index contributed by atoms with van der Waals surface area (Å²) in [6.45, 7) is 0.190. The summed E-state index contributed by atoms with van der Waals surface area (Å²) in [4.78, 5) is 12.9. The van der Waals surface area contributed by atoms with Crippen LogP contribution in [0.25, 0.3) is 22.0 Å². The zero-order chi connectivity index (χ0) is 18.3. The second-order valence-corrected chi connectivity index (χ2v) is 6.65. The first-order chi connectivity index (χ1) is 12.5. The van der Waals surface area contributed by atoms with Gasteiger partial charge in [-0.05, 0) is 41.5 Å². The van der Waals surface area contributed by atoms with Crippen LogP contribution >= 0.6 is 23.8 Å². The molecule has 0 spiro atoms. The summed E-state index contributed by atoms with van der Waals surface area (Å²) in [6.07, 6.45) is 0. The minimum absolute atomic E-state index is 0.160. The van der Waals surface area contributed by atoms with Gasteiger partial charge in [-0.25, -0.2) is 4.68 Å². The summed E-state index contributed by atoms with van der Waals surface area (Å²) < 4.78 is 3.16. The number of nitrogens with two attached hydrogens (primary N) is 1. The van der Waals surface area contributed by atoms with E-state index in [-0.39, 0.29) is 12.1 Å². The third-order valence-electron chi connectivity index (χ3n) is 4.24. The highest BCUT2D eigenvalue weighted by Gasteiger charge is 2.13. The van der Waals surface area contributed by atoms with Crippen molar-refractivity contribution in [1.29, 1.82) is 0 Å². The first-order valence-corrected chi connectivity index (χ1v) is 8.63. The molecule has 0 atom stereocenters. The molecule has 0 saturated heterocycles. The van der Waals surface area contributed by atoms with Crippen LogP contribution in [-0.4, -0.2) is 19.4 Å². The van der Waals surface area contributed by atoms with Crippen LogP contribution in [0.15, 0.2) is 59.4 Å². The number of fused-ring (bicyclic) bond motifs is 1. The van der Waals surface area contributed by atoms with Crippen molar-refractivity contribution in [2.24, 2.45) is 0 Å². The molecule has 0 unspecified atom stereocenters. The first kappa shape index (κ1) is 16.6. The molecule has 0 bridgehead atoms. The van der Waals surface area contributed by atoms with E-state index >= 15 is 0 Å². The molecule has 0 radical (unpaired) electrons. The van der Waals surface area contributed by atoms with Crippen molar-refractivity contribution >= 4 is 34.7 Å². The van der Waals surface area contributed by atoms with Gasteiger partial charge in [0.05, 0.1) is 12.1 Å². The summed E-state index contributed by atoms with van der Waals surface area (Å²) in [5.74, 6) is 6.33. The van der Waals surface area contributed by atoms with Crippen molar-refractivity contribution < 1.29 is 0 Å². The van der Waals surface area contributed by atoms with E-state index in [4.69, 9.17) is 29.7 Å². The van der Waals surface area contributed by atoms with Crippen molar-refractivity contribution in [2.45, 2.75) is 6.54 Å². The van der Waals surface area contributed by atoms with Crippen LogP contribution < -0.4 is 11.4 Å². The van der Waals surface area contributed by atoms with Crippen LogP contribution in [-0.2, 0) is 6.54 Å². The van der Waals surface area contributed by atoms with Crippen molar-refractivity contribution in [1.82, 2.24) is 19.4 Å². The Bertz CT molecular complexity index is 1230. The highest BCUT2D eigenvalue weighted by Crippen LogP contribution is 2.29. The molecule has 8 heteroatoms. The highest BCUT2D eigenvalue weighted by atomic mass is 35.5. The Morgan fingerprint density at radius 1 is 1.15 bits per heavy atom. The molecule has 0 amide bonds. The molecule has 0 saturated carbocycles. The number of rotatable bonds is 3. The van der Waals surface area contributed by atoms with E-state index in [1.54, 1.807) is 16.7 Å². The first-order valence-electron chi connectivity index (χ1n) is 7.84. The van der Waals surface area contributed by atoms with Gasteiger partial charge in [-0.2, -0.15) is 5.10 Å². The molecule has 4 rings (SSSR count). The minimum atomic E-state index is -0.160. The van der Waals surface area contributed by atoms with Crippen molar-refractivity contribution in [3.8, 4) is 11.1 Å². The van der Waals surface area contributed by atoms with Gasteiger partial charge in [0.25, 0.3) is 5.56 Å². The fraction of sp³-hybridized carbons (Fsp3) is 0.0556. The Labute approximate surface area is 158 Å². The van der Waals surface area contributed by atoms with Gasteiger partial charge in [-0.3, -0.25) is 9.89 Å². The number of H-pyrrole nitrogens is 1. The molecule has 2 aromatic carbocycles. The molecule has 6 nitrogen and oxygen atoms in total. The number of pyridine rings is 1. The number of nitrogens with one attached hydrogen (secondary N) is 1. The molecule has 4 aromatic rings. The molecule has 2 aromatic heterocycles. The quantitative estimate of drug-likeness (QED) is 0.420. The SMILES string of the molecule is Nn1c(Cn2c(=O)cc(-c3ccccc3)c3cc(Cl)ccc32)n[nH]c1=S. The predicted molar refractivity (Wildman–Crippen MR) is 105 cm³/mol. The number of nitrogens with zero attached hydrogens (tertiary/aromatic N) is 3. The molecule has 2 heterocycles. The van der Waals surface area contributed by atoms with Gasteiger partial charge in [0.2, 0.25) is 4.77 Å². The summed E-state index contributed by atoms with van der Waals surface area (Å²) in [5.41, 5.74) is 2.36. The summed E-state index contributed by atoms with van der Waals surface area (Å²) in [6, 6.07) is 16.8. The molecule has 0 aliphatic carbocycles. The van der Waals surface area contributed by atoms with E-state index in [1.807, 2.05) is 42.5 Å². The van der Waals surface area contributed by atoms with Crippen LogP contribution in [0.4, 0.5) is 0 Å². The Balaban J connectivity index is 1.98. The third-order valence-corrected chi connectivity index (χ3v) is 4.76. The molecule has 3 N–H and O–H groups in total. The summed E-state index contributed by atoms with van der Waals surface area (Å²) >= 11 is 11.3. The smallest absolute Gasteiger partial charge is 0.252 e. The predicted octanol–water partition coefficient (Wildman–Crippen LogP) is 3.34. The minimum Gasteiger partial charge on any atom is -0.335 e. The van der Waals surface area contributed by atoms with Gasteiger partial charge >= 0.3 is 0 Å². The van der Waals surface area contributed by atoms with E-state index in [0.717, 1.165) is 22.0 Å². The maximum Gasteiger partial charge on any atom is 0.252 e. The Kier molecular flexibility index (Phi) is 4.10. The lowest BCUT2D eigenvalue weighted by atomic mass is 10.0. The monoisotopic (exact) mass is 383 g/mol. The number of aromatic amines is 1. The molecule has 0 fully saturated rings. The number of hydrogen-bond donors (Lipinski definition) is 2. The zero-order valence-electron chi connectivity index (χ0n) is 13.5. The van der Waals surface area contributed by atoms with E-state index in [0.29, 0.717) is 15.6 Å². The van der Waals surface area contributed by atoms with Gasteiger partial charge in [0, 0.05) is 16.5 Å². The summed E-state index contributed by atoms with van der Waals surface area (Å²) in [5, 5.41) is 8.19. The maximum atomic E-state index is 12.9. The van der Waals surface area contributed by atoms with Crippen LogP contribution in [0, 0.1) is 4.77 Å². The Morgan fingerprint density at radius 3 is 2.62 bits per heavy atom. The van der Waals surface area contributed by atoms with Crippen molar-refractivity contribution in [2.75, 3.05) is 5.84 Å². The van der Waals surface area contributed by atoms with Crippen molar-refractivity contribution in [3.63, 3.8) is 0 Å². The number of nitrogen functional groups attached to an aromatic ring is 1. The summed E-state index contributed by atoms with van der Waals surface area (Å²) in [7, 11) is 0. The van der Waals surface area contributed by atoms with Crippen LogP contribution in [0.5, 0.6) is 0 Å². The molecular weight excluding hydrogens is 370 g/mol. The number of halogens is 1. The average Bonchev–Trinajstić information content (AvgIpc) is 2.96. The fourth-order valence-electron chi connectivity index (χ4n) is 2.97. The topological polar surface area (TPSA) is 81.6 Å². The van der Waals surface area contributed by atoms with Gasteiger partial charge in [0.15, 0.2) is 5.82 Å². The van der Waals surface area contributed by atoms with E-state index in [2.05, 4.69) is 10.2 Å². The molecule has 0 aliphatic rings. The van der Waals surface area contributed by atoms with E-state index in [1.165, 1.54) is 4.68 Å². The van der Waals surface area contributed by atoms with Gasteiger partial charge < -0.3 is 10.4 Å². The average molecular weight is 384 g/mol. The number of aromatic nitrogens is 4. The second kappa shape index (κ2) is 6.44. The van der Waals surface area contributed by atoms with Crippen LogP contribution in [0.3, 0.4) is 0 Å². The van der Waals surface area contributed by atoms with Crippen LogP contribution in [0.1, 0.15) is 5.82 Å². The second-order valence-electron chi connectivity index (χ2n) is 5.82. The Morgan fingerprint density at radius 2 is 1.92 bits per heavy atom. The normalized spacial score (nSPS) is 11.1. The lowest BCUT2D eigenvalue weighted by molar-refractivity contribution is 0.712. The van der Waals surface area contributed by atoms with E-state index in [9.17, 15) is 4.79 Å². The zero-order valence-corrected chi connectivity index (χ0v) is 15.1. The largest absolute Gasteiger partial charge is 0.335 e. The fourth-order valence-corrected chi connectivity index (χ4v) is 3.29. The molecule has 0 aliphatic heterocycles. The number of benzene rings is 2. The van der Waals surface area contributed by atoms with Gasteiger partial charge in [0.1, 0.15) is 0 Å². The molecule has 130 valence electrons. The van der Waals surface area contributed by atoms with Gasteiger partial charge in [-0.1, -0.05) is 41.9 Å². The molecular formula is C18H14ClN5OS. The lowest BCUT2D eigenvalue weighted by Crippen LogP contribution is -2.24. The Hall–Kier alpha value is -2.90. The standard InChI is InChI=1S/C18H14ClN5OS/c19-12-6-7-15-14(8-12)13(11-4-2-1-3-5-11)9-17(25)23(15)10-16-21-22-18(26)24(16)20/h1-9H,10,20H2,(H,22,26).